The van der Waals surface area contributed by atoms with Crippen molar-refractivity contribution in [3.05, 3.63) is 64.9 Å². The lowest BCUT2D eigenvalue weighted by Gasteiger charge is -2.12. The van der Waals surface area contributed by atoms with Crippen LogP contribution >= 0.6 is 11.3 Å². The number of carbonyl (C=O) groups excluding carboxylic acids is 1. The molecule has 3 aromatic rings. The molecule has 0 atom stereocenters. The maximum Gasteiger partial charge on any atom is 0.270 e. The van der Waals surface area contributed by atoms with E-state index in [1.165, 1.54) is 23.5 Å². The van der Waals surface area contributed by atoms with E-state index in [2.05, 4.69) is 10.3 Å². The molecule has 0 saturated carbocycles. The second kappa shape index (κ2) is 9.52. The Kier molecular flexibility index (Phi) is 6.82. The van der Waals surface area contributed by atoms with Gasteiger partial charge >= 0.3 is 0 Å². The van der Waals surface area contributed by atoms with Gasteiger partial charge in [0.05, 0.1) is 7.11 Å². The number of amides is 1. The van der Waals surface area contributed by atoms with E-state index < -0.39 is 0 Å². The predicted octanol–water partition coefficient (Wildman–Crippen LogP) is 4.92. The van der Waals surface area contributed by atoms with E-state index in [9.17, 15) is 9.18 Å². The summed E-state index contributed by atoms with van der Waals surface area (Å²) in [5, 5.41) is 5.34. The Labute approximate surface area is 173 Å². The highest BCUT2D eigenvalue weighted by molar-refractivity contribution is 7.13. The molecule has 1 amide bonds. The van der Waals surface area contributed by atoms with Gasteiger partial charge in [-0.3, -0.25) is 4.79 Å². The Hall–Kier alpha value is -2.93. The van der Waals surface area contributed by atoms with Crippen LogP contribution in [0.3, 0.4) is 0 Å². The number of nitrogens with zero attached hydrogens (tertiary/aromatic N) is 1. The summed E-state index contributed by atoms with van der Waals surface area (Å²) in [5.74, 6) is 1.06. The first-order valence-electron chi connectivity index (χ1n) is 9.25. The highest BCUT2D eigenvalue weighted by atomic mass is 32.1. The van der Waals surface area contributed by atoms with Gasteiger partial charge in [0, 0.05) is 17.5 Å². The minimum absolute atomic E-state index is 0.174. The number of nitrogens with one attached hydrogen (secondary N) is 1. The lowest BCUT2D eigenvalue weighted by atomic mass is 10.2. The van der Waals surface area contributed by atoms with Gasteiger partial charge in [-0.15, -0.1) is 11.3 Å². The quantitative estimate of drug-likeness (QED) is 0.568. The molecule has 0 bridgehead atoms. The minimum atomic E-state index is -0.281. The molecule has 0 unspecified atom stereocenters. The fraction of sp³-hybridized carbons (Fsp3) is 0.273. The van der Waals surface area contributed by atoms with Gasteiger partial charge in [0.1, 0.15) is 23.1 Å². The van der Waals surface area contributed by atoms with E-state index in [1.807, 2.05) is 26.0 Å². The van der Waals surface area contributed by atoms with E-state index in [-0.39, 0.29) is 11.7 Å². The topological polar surface area (TPSA) is 60.5 Å². The Morgan fingerprint density at radius 2 is 1.93 bits per heavy atom. The molecule has 1 N–H and O–H groups in total. The average Bonchev–Trinajstić information content (AvgIpc) is 3.22. The zero-order chi connectivity index (χ0) is 20.8. The lowest BCUT2D eigenvalue weighted by Crippen LogP contribution is -2.27. The van der Waals surface area contributed by atoms with Gasteiger partial charge in [-0.2, -0.15) is 0 Å². The van der Waals surface area contributed by atoms with Crippen molar-refractivity contribution in [2.24, 2.45) is 5.92 Å². The van der Waals surface area contributed by atoms with Crippen LogP contribution in [0.2, 0.25) is 0 Å². The SMILES string of the molecule is COc1cc(-c2nc(C(=O)NCC(C)C)cs2)ccc1OCc1ccc(F)cc1. The summed E-state index contributed by atoms with van der Waals surface area (Å²) < 4.78 is 24.3. The summed E-state index contributed by atoms with van der Waals surface area (Å²) in [6.45, 7) is 4.99. The van der Waals surface area contributed by atoms with E-state index >= 15 is 0 Å². The number of aromatic nitrogens is 1. The lowest BCUT2D eigenvalue weighted by molar-refractivity contribution is 0.0945. The highest BCUT2D eigenvalue weighted by Crippen LogP contribution is 2.34. The molecule has 0 fully saturated rings. The van der Waals surface area contributed by atoms with Gasteiger partial charge in [0.15, 0.2) is 11.5 Å². The standard InChI is InChI=1S/C22H23FN2O3S/c1-14(2)11-24-21(26)18-13-29-22(25-18)16-6-9-19(20(10-16)27-3)28-12-15-4-7-17(23)8-5-15/h4-10,13-14H,11-12H2,1-3H3,(H,24,26). The van der Waals surface area contributed by atoms with Crippen LogP contribution in [0.5, 0.6) is 11.5 Å². The zero-order valence-corrected chi connectivity index (χ0v) is 17.4. The third-order valence-corrected chi connectivity index (χ3v) is 5.02. The number of ether oxygens (including phenoxy) is 2. The van der Waals surface area contributed by atoms with Crippen LogP contribution in [0, 0.1) is 11.7 Å². The molecule has 152 valence electrons. The van der Waals surface area contributed by atoms with Gasteiger partial charge in [0.2, 0.25) is 0 Å². The summed E-state index contributed by atoms with van der Waals surface area (Å²) in [5.41, 5.74) is 2.10. The molecule has 1 heterocycles. The van der Waals surface area contributed by atoms with Crippen molar-refractivity contribution >= 4 is 17.2 Å². The first kappa shape index (κ1) is 20.8. The molecule has 7 heteroatoms. The number of methoxy groups -OCH3 is 1. The van der Waals surface area contributed by atoms with Gasteiger partial charge in [0.25, 0.3) is 5.91 Å². The molecule has 5 nitrogen and oxygen atoms in total. The van der Waals surface area contributed by atoms with Gasteiger partial charge in [-0.05, 0) is 41.8 Å². The summed E-state index contributed by atoms with van der Waals surface area (Å²) in [6, 6.07) is 11.7. The third kappa shape index (κ3) is 5.54. The smallest absolute Gasteiger partial charge is 0.270 e. The predicted molar refractivity (Wildman–Crippen MR) is 112 cm³/mol. The van der Waals surface area contributed by atoms with Crippen molar-refractivity contribution < 1.29 is 18.7 Å². The average molecular weight is 415 g/mol. The van der Waals surface area contributed by atoms with Crippen LogP contribution in [0.4, 0.5) is 4.39 Å². The van der Waals surface area contributed by atoms with Crippen LogP contribution in [0.1, 0.15) is 29.9 Å². The minimum Gasteiger partial charge on any atom is -0.493 e. The Balaban J connectivity index is 1.71. The molecule has 2 aromatic carbocycles. The van der Waals surface area contributed by atoms with Crippen molar-refractivity contribution in [3.8, 4) is 22.1 Å². The van der Waals surface area contributed by atoms with Crippen molar-refractivity contribution in [3.63, 3.8) is 0 Å². The number of thiazole rings is 1. The van der Waals surface area contributed by atoms with Crippen LogP contribution in [-0.2, 0) is 6.61 Å². The maximum atomic E-state index is 13.0. The zero-order valence-electron chi connectivity index (χ0n) is 16.6. The molecule has 0 aliphatic rings. The first-order valence-corrected chi connectivity index (χ1v) is 10.1. The Morgan fingerprint density at radius 1 is 1.17 bits per heavy atom. The molecular weight excluding hydrogens is 391 g/mol. The molecule has 3 rings (SSSR count). The van der Waals surface area contributed by atoms with Gasteiger partial charge < -0.3 is 14.8 Å². The van der Waals surface area contributed by atoms with Crippen molar-refractivity contribution in [1.82, 2.24) is 10.3 Å². The molecule has 1 aromatic heterocycles. The van der Waals surface area contributed by atoms with E-state index in [4.69, 9.17) is 9.47 Å². The van der Waals surface area contributed by atoms with E-state index in [1.54, 1.807) is 30.7 Å². The number of hydrogen-bond donors (Lipinski definition) is 1. The van der Waals surface area contributed by atoms with E-state index in [0.29, 0.717) is 36.3 Å². The summed E-state index contributed by atoms with van der Waals surface area (Å²) >= 11 is 1.40. The molecular formula is C22H23FN2O3S. The fourth-order valence-corrected chi connectivity index (χ4v) is 3.36. The second-order valence-corrected chi connectivity index (χ2v) is 7.78. The summed E-state index contributed by atoms with van der Waals surface area (Å²) in [4.78, 5) is 16.6. The molecule has 0 aliphatic carbocycles. The van der Waals surface area contributed by atoms with Crippen molar-refractivity contribution in [2.45, 2.75) is 20.5 Å². The molecule has 0 radical (unpaired) electrons. The molecule has 0 spiro atoms. The second-order valence-electron chi connectivity index (χ2n) is 6.92. The van der Waals surface area contributed by atoms with Gasteiger partial charge in [-0.25, -0.2) is 9.37 Å². The summed E-state index contributed by atoms with van der Waals surface area (Å²) in [7, 11) is 1.57. The molecule has 0 aliphatic heterocycles. The molecule has 0 saturated heterocycles. The largest absolute Gasteiger partial charge is 0.493 e. The number of hydrogen-bond acceptors (Lipinski definition) is 5. The molecule has 29 heavy (non-hydrogen) atoms. The van der Waals surface area contributed by atoms with Gasteiger partial charge in [-0.1, -0.05) is 26.0 Å². The number of halogens is 1. The number of benzene rings is 2. The fourth-order valence-electron chi connectivity index (χ4n) is 2.56. The Bertz CT molecular complexity index is 970. The first-order chi connectivity index (χ1) is 14.0. The van der Waals surface area contributed by atoms with E-state index in [0.717, 1.165) is 16.1 Å². The Morgan fingerprint density at radius 3 is 2.62 bits per heavy atom. The maximum absolute atomic E-state index is 13.0. The van der Waals surface area contributed by atoms with Crippen molar-refractivity contribution in [2.75, 3.05) is 13.7 Å². The van der Waals surface area contributed by atoms with Crippen molar-refractivity contribution in [1.29, 1.82) is 0 Å². The van der Waals surface area contributed by atoms with Crippen LogP contribution in [0.25, 0.3) is 10.6 Å². The number of rotatable bonds is 8. The van der Waals surface area contributed by atoms with Crippen LogP contribution in [-0.4, -0.2) is 24.5 Å². The monoisotopic (exact) mass is 414 g/mol. The third-order valence-electron chi connectivity index (χ3n) is 4.13. The normalized spacial score (nSPS) is 10.8. The van der Waals surface area contributed by atoms with Crippen LogP contribution < -0.4 is 14.8 Å². The summed E-state index contributed by atoms with van der Waals surface area (Å²) in [6.07, 6.45) is 0. The van der Waals surface area contributed by atoms with Crippen LogP contribution in [0.15, 0.2) is 47.8 Å². The highest BCUT2D eigenvalue weighted by Gasteiger charge is 2.14. The number of carbonyl (C=O) groups is 1.